The smallest absolute Gasteiger partial charge is 0.118 e. The number of nitrogens with one attached hydrogen (secondary N) is 1. The Bertz CT molecular complexity index is 490. The van der Waals surface area contributed by atoms with E-state index in [1.165, 1.54) is 11.1 Å². The Labute approximate surface area is 114 Å². The average Bonchev–Trinajstić information content (AvgIpc) is 2.88. The average molecular weight is 259 g/mol. The summed E-state index contributed by atoms with van der Waals surface area (Å²) in [5.74, 6) is 0.893. The molecule has 0 fully saturated rings. The Balaban J connectivity index is 1.78. The second-order valence-electron chi connectivity index (χ2n) is 4.56. The van der Waals surface area contributed by atoms with Crippen molar-refractivity contribution in [1.82, 2.24) is 15.1 Å². The van der Waals surface area contributed by atoms with Crippen LogP contribution in [0.3, 0.4) is 0 Å². The van der Waals surface area contributed by atoms with Crippen LogP contribution in [0.25, 0.3) is 0 Å². The fraction of sp³-hybridized carbons (Fsp3) is 0.400. The van der Waals surface area contributed by atoms with Crippen LogP contribution in [0, 0.1) is 0 Å². The quantitative estimate of drug-likeness (QED) is 0.830. The maximum absolute atomic E-state index is 5.14. The van der Waals surface area contributed by atoms with E-state index in [4.69, 9.17) is 4.74 Å². The van der Waals surface area contributed by atoms with Crippen LogP contribution < -0.4 is 10.1 Å². The monoisotopic (exact) mass is 259 g/mol. The number of aryl methyl sites for hydroxylation is 1. The first kappa shape index (κ1) is 13.6. The van der Waals surface area contributed by atoms with Gasteiger partial charge in [-0.05, 0) is 24.1 Å². The summed E-state index contributed by atoms with van der Waals surface area (Å²) in [4.78, 5) is 0. The molecule has 1 heterocycles. The molecule has 1 aromatic heterocycles. The van der Waals surface area contributed by atoms with Crippen molar-refractivity contribution in [3.05, 3.63) is 47.8 Å². The fourth-order valence-electron chi connectivity index (χ4n) is 1.94. The number of benzene rings is 1. The minimum absolute atomic E-state index is 0.843. The largest absolute Gasteiger partial charge is 0.497 e. The van der Waals surface area contributed by atoms with Gasteiger partial charge in [0.1, 0.15) is 5.75 Å². The molecule has 0 amide bonds. The maximum atomic E-state index is 5.14. The van der Waals surface area contributed by atoms with Crippen LogP contribution in [-0.2, 0) is 19.6 Å². The molecular formula is C15H21N3O. The lowest BCUT2D eigenvalue weighted by molar-refractivity contribution is 0.414. The van der Waals surface area contributed by atoms with E-state index in [1.807, 2.05) is 23.0 Å². The van der Waals surface area contributed by atoms with Crippen molar-refractivity contribution in [2.75, 3.05) is 7.11 Å². The number of methoxy groups -OCH3 is 1. The Morgan fingerprint density at radius 2 is 1.89 bits per heavy atom. The van der Waals surface area contributed by atoms with E-state index in [1.54, 1.807) is 7.11 Å². The number of nitrogens with zero attached hydrogens (tertiary/aromatic N) is 2. The third-order valence-corrected chi connectivity index (χ3v) is 2.96. The molecule has 0 aliphatic carbocycles. The summed E-state index contributed by atoms with van der Waals surface area (Å²) in [5.41, 5.74) is 2.48. The predicted octanol–water partition coefficient (Wildman–Crippen LogP) is 2.59. The van der Waals surface area contributed by atoms with Crippen molar-refractivity contribution < 1.29 is 4.74 Å². The van der Waals surface area contributed by atoms with Crippen molar-refractivity contribution in [3.8, 4) is 5.75 Å². The van der Waals surface area contributed by atoms with Crippen LogP contribution >= 0.6 is 0 Å². The third-order valence-electron chi connectivity index (χ3n) is 2.96. The van der Waals surface area contributed by atoms with Gasteiger partial charge in [0.25, 0.3) is 0 Å². The fourth-order valence-corrected chi connectivity index (χ4v) is 1.94. The summed E-state index contributed by atoms with van der Waals surface area (Å²) in [5, 5.41) is 7.73. The van der Waals surface area contributed by atoms with Crippen LogP contribution in [0.4, 0.5) is 0 Å². The molecule has 0 unspecified atom stereocenters. The van der Waals surface area contributed by atoms with Crippen LogP contribution in [0.1, 0.15) is 24.5 Å². The van der Waals surface area contributed by atoms with Gasteiger partial charge in [0.2, 0.25) is 0 Å². The van der Waals surface area contributed by atoms with E-state index >= 15 is 0 Å². The van der Waals surface area contributed by atoms with Crippen LogP contribution in [0.2, 0.25) is 0 Å². The number of hydrogen-bond donors (Lipinski definition) is 1. The molecule has 19 heavy (non-hydrogen) atoms. The molecule has 0 aliphatic heterocycles. The van der Waals surface area contributed by atoms with E-state index < -0.39 is 0 Å². The summed E-state index contributed by atoms with van der Waals surface area (Å²) < 4.78 is 7.13. The lowest BCUT2D eigenvalue weighted by atomic mass is 10.2. The summed E-state index contributed by atoms with van der Waals surface area (Å²) in [6.45, 7) is 4.83. The van der Waals surface area contributed by atoms with Crippen molar-refractivity contribution in [2.24, 2.45) is 0 Å². The Hall–Kier alpha value is -1.81. The van der Waals surface area contributed by atoms with Crippen molar-refractivity contribution in [3.63, 3.8) is 0 Å². The van der Waals surface area contributed by atoms with Gasteiger partial charge in [0, 0.05) is 31.4 Å². The second-order valence-corrected chi connectivity index (χ2v) is 4.56. The highest BCUT2D eigenvalue weighted by molar-refractivity contribution is 5.27. The molecule has 0 aliphatic rings. The molecule has 0 bridgehead atoms. The highest BCUT2D eigenvalue weighted by atomic mass is 16.5. The maximum Gasteiger partial charge on any atom is 0.118 e. The van der Waals surface area contributed by atoms with Gasteiger partial charge in [-0.1, -0.05) is 19.1 Å². The highest BCUT2D eigenvalue weighted by Gasteiger charge is 1.98. The highest BCUT2D eigenvalue weighted by Crippen LogP contribution is 2.11. The molecule has 4 nitrogen and oxygen atoms in total. The molecule has 0 saturated carbocycles. The zero-order chi connectivity index (χ0) is 13.5. The van der Waals surface area contributed by atoms with Crippen LogP contribution in [-0.4, -0.2) is 16.9 Å². The van der Waals surface area contributed by atoms with Gasteiger partial charge in [0.05, 0.1) is 13.3 Å². The topological polar surface area (TPSA) is 39.1 Å². The summed E-state index contributed by atoms with van der Waals surface area (Å²) in [7, 11) is 1.68. The van der Waals surface area contributed by atoms with Gasteiger partial charge in [-0.2, -0.15) is 5.10 Å². The van der Waals surface area contributed by atoms with Gasteiger partial charge in [-0.15, -0.1) is 0 Å². The zero-order valence-corrected chi connectivity index (χ0v) is 11.6. The van der Waals surface area contributed by atoms with E-state index in [-0.39, 0.29) is 0 Å². The standard InChI is InChI=1S/C15H21N3O/c1-3-8-18-12-14(11-17-18)10-16-9-13-4-6-15(19-2)7-5-13/h4-7,11-12,16H,3,8-10H2,1-2H3. The van der Waals surface area contributed by atoms with Gasteiger partial charge in [-0.3, -0.25) is 4.68 Å². The van der Waals surface area contributed by atoms with Crippen LogP contribution in [0.15, 0.2) is 36.7 Å². The number of rotatable bonds is 7. The predicted molar refractivity (Wildman–Crippen MR) is 76.1 cm³/mol. The minimum Gasteiger partial charge on any atom is -0.497 e. The summed E-state index contributed by atoms with van der Waals surface area (Å²) in [6, 6.07) is 8.12. The first-order valence-electron chi connectivity index (χ1n) is 6.67. The Morgan fingerprint density at radius 1 is 1.16 bits per heavy atom. The summed E-state index contributed by atoms with van der Waals surface area (Å²) in [6.07, 6.45) is 5.14. The number of aromatic nitrogens is 2. The third kappa shape index (κ3) is 4.10. The first-order valence-corrected chi connectivity index (χ1v) is 6.67. The molecule has 0 spiro atoms. The van der Waals surface area contributed by atoms with Crippen molar-refractivity contribution in [1.29, 1.82) is 0 Å². The van der Waals surface area contributed by atoms with E-state index in [2.05, 4.69) is 35.7 Å². The number of ether oxygens (including phenoxy) is 1. The minimum atomic E-state index is 0.843. The molecule has 1 N–H and O–H groups in total. The zero-order valence-electron chi connectivity index (χ0n) is 11.6. The molecule has 1 aromatic carbocycles. The van der Waals surface area contributed by atoms with Crippen molar-refractivity contribution in [2.45, 2.75) is 33.0 Å². The normalized spacial score (nSPS) is 10.6. The van der Waals surface area contributed by atoms with E-state index in [0.29, 0.717) is 0 Å². The molecule has 102 valence electrons. The summed E-state index contributed by atoms with van der Waals surface area (Å²) >= 11 is 0. The van der Waals surface area contributed by atoms with Gasteiger partial charge in [0.15, 0.2) is 0 Å². The number of hydrogen-bond acceptors (Lipinski definition) is 3. The van der Waals surface area contributed by atoms with Gasteiger partial charge in [-0.25, -0.2) is 0 Å². The van der Waals surface area contributed by atoms with E-state index in [9.17, 15) is 0 Å². The van der Waals surface area contributed by atoms with Gasteiger partial charge < -0.3 is 10.1 Å². The van der Waals surface area contributed by atoms with Gasteiger partial charge >= 0.3 is 0 Å². The Morgan fingerprint density at radius 3 is 2.58 bits per heavy atom. The Kier molecular flexibility index (Phi) is 4.98. The second kappa shape index (κ2) is 6.95. The SMILES string of the molecule is CCCn1cc(CNCc2ccc(OC)cc2)cn1. The lowest BCUT2D eigenvalue weighted by Gasteiger charge is -2.04. The molecule has 4 heteroatoms. The molecule has 2 rings (SSSR count). The molecule has 0 atom stereocenters. The van der Waals surface area contributed by atoms with Crippen LogP contribution in [0.5, 0.6) is 5.75 Å². The van der Waals surface area contributed by atoms with Crippen molar-refractivity contribution >= 4 is 0 Å². The molecular weight excluding hydrogens is 238 g/mol. The molecule has 0 radical (unpaired) electrons. The molecule has 2 aromatic rings. The molecule has 0 saturated heterocycles. The lowest BCUT2D eigenvalue weighted by Crippen LogP contribution is -2.12. The first-order chi connectivity index (χ1) is 9.31. The van der Waals surface area contributed by atoms with E-state index in [0.717, 1.165) is 31.8 Å².